The van der Waals surface area contributed by atoms with Gasteiger partial charge in [0.25, 0.3) is 11.1 Å². The third-order valence-corrected chi connectivity index (χ3v) is 6.29. The Balaban J connectivity index is 1.76. The van der Waals surface area contributed by atoms with Crippen LogP contribution in [-0.4, -0.2) is 42.7 Å². The topological polar surface area (TPSA) is 84.9 Å². The van der Waals surface area contributed by atoms with Crippen molar-refractivity contribution < 1.29 is 23.9 Å². The molecule has 1 aliphatic heterocycles. The maximum Gasteiger partial charge on any atom is 0.294 e. The highest BCUT2D eigenvalue weighted by atomic mass is 127. The second-order valence-electron chi connectivity index (χ2n) is 6.87. The lowest BCUT2D eigenvalue weighted by Gasteiger charge is -2.14. The van der Waals surface area contributed by atoms with Gasteiger partial charge in [-0.05, 0) is 83.6 Å². The van der Waals surface area contributed by atoms with Gasteiger partial charge in [-0.1, -0.05) is 17.7 Å². The van der Waals surface area contributed by atoms with Crippen molar-refractivity contribution in [2.75, 3.05) is 26.1 Å². The third kappa shape index (κ3) is 5.21. The van der Waals surface area contributed by atoms with Gasteiger partial charge >= 0.3 is 0 Å². The Morgan fingerprint density at radius 3 is 2.55 bits per heavy atom. The number of amides is 3. The summed E-state index contributed by atoms with van der Waals surface area (Å²) >= 11 is 2.91. The van der Waals surface area contributed by atoms with Crippen molar-refractivity contribution in [3.8, 4) is 11.5 Å². The number of thioether (sulfide) groups is 1. The summed E-state index contributed by atoms with van der Waals surface area (Å²) in [6.45, 7) is 3.50. The third-order valence-electron chi connectivity index (χ3n) is 4.58. The largest absolute Gasteiger partial charge is 0.493 e. The van der Waals surface area contributed by atoms with E-state index >= 15 is 0 Å². The van der Waals surface area contributed by atoms with Crippen molar-refractivity contribution in [2.24, 2.45) is 0 Å². The highest BCUT2D eigenvalue weighted by Gasteiger charge is 2.36. The summed E-state index contributed by atoms with van der Waals surface area (Å²) < 4.78 is 11.5. The molecule has 0 unspecified atom stereocenters. The Morgan fingerprint density at radius 1 is 1.16 bits per heavy atom. The number of hydrogen-bond acceptors (Lipinski definition) is 6. The molecule has 2 aromatic carbocycles. The molecule has 0 aromatic heterocycles. The van der Waals surface area contributed by atoms with Crippen LogP contribution in [0.4, 0.5) is 10.5 Å². The molecule has 0 spiro atoms. The van der Waals surface area contributed by atoms with Gasteiger partial charge in [0.2, 0.25) is 5.91 Å². The van der Waals surface area contributed by atoms with Crippen LogP contribution in [0.3, 0.4) is 0 Å². The molecule has 1 heterocycles. The molecule has 1 N–H and O–H groups in total. The summed E-state index contributed by atoms with van der Waals surface area (Å²) in [7, 11) is 3.08. The van der Waals surface area contributed by atoms with E-state index in [2.05, 4.69) is 27.9 Å². The number of carbonyl (C=O) groups is 3. The van der Waals surface area contributed by atoms with E-state index in [0.717, 1.165) is 31.4 Å². The molecule has 0 atom stereocenters. The number of halogens is 1. The number of aryl methyl sites for hydroxylation is 2. The number of ether oxygens (including phenoxy) is 2. The predicted octanol–water partition coefficient (Wildman–Crippen LogP) is 4.60. The Labute approximate surface area is 198 Å². The summed E-state index contributed by atoms with van der Waals surface area (Å²) in [6.07, 6.45) is 1.61. The Morgan fingerprint density at radius 2 is 1.90 bits per heavy atom. The van der Waals surface area contributed by atoms with Crippen LogP contribution >= 0.6 is 34.4 Å². The zero-order valence-corrected chi connectivity index (χ0v) is 20.4. The van der Waals surface area contributed by atoms with E-state index in [1.54, 1.807) is 25.3 Å². The number of nitrogens with zero attached hydrogens (tertiary/aromatic N) is 1. The first-order valence-corrected chi connectivity index (χ1v) is 11.2. The number of methoxy groups -OCH3 is 2. The number of rotatable bonds is 6. The maximum absolute atomic E-state index is 12.8. The van der Waals surface area contributed by atoms with Gasteiger partial charge < -0.3 is 14.8 Å². The zero-order valence-electron chi connectivity index (χ0n) is 17.4. The van der Waals surface area contributed by atoms with Crippen LogP contribution in [0, 0.1) is 17.4 Å². The summed E-state index contributed by atoms with van der Waals surface area (Å²) in [5.41, 5.74) is 3.33. The molecule has 0 bridgehead atoms. The normalized spacial score (nSPS) is 14.9. The van der Waals surface area contributed by atoms with Crippen molar-refractivity contribution in [3.63, 3.8) is 0 Å². The molecule has 162 valence electrons. The van der Waals surface area contributed by atoms with Crippen LogP contribution in [-0.2, 0) is 9.59 Å². The summed E-state index contributed by atoms with van der Waals surface area (Å²) in [6, 6.07) is 9.18. The van der Waals surface area contributed by atoms with Crippen molar-refractivity contribution >= 4 is 63.2 Å². The van der Waals surface area contributed by atoms with E-state index < -0.39 is 17.1 Å². The Kier molecular flexibility index (Phi) is 7.26. The Bertz CT molecular complexity index is 1100. The summed E-state index contributed by atoms with van der Waals surface area (Å²) in [4.78, 5) is 38.8. The van der Waals surface area contributed by atoms with E-state index in [0.29, 0.717) is 22.7 Å². The fourth-order valence-electron chi connectivity index (χ4n) is 3.10. The molecule has 9 heteroatoms. The number of hydrogen-bond donors (Lipinski definition) is 1. The second-order valence-corrected chi connectivity index (χ2v) is 9.03. The van der Waals surface area contributed by atoms with Crippen molar-refractivity contribution in [3.05, 3.63) is 55.5 Å². The van der Waals surface area contributed by atoms with E-state index in [4.69, 9.17) is 9.47 Å². The fraction of sp³-hybridized carbons (Fsp3) is 0.227. The summed E-state index contributed by atoms with van der Waals surface area (Å²) in [5.74, 6) is 0.177. The molecule has 1 aliphatic rings. The first-order chi connectivity index (χ1) is 14.7. The smallest absolute Gasteiger partial charge is 0.294 e. The van der Waals surface area contributed by atoms with Crippen molar-refractivity contribution in [1.82, 2.24) is 4.90 Å². The van der Waals surface area contributed by atoms with Gasteiger partial charge in [0.15, 0.2) is 11.5 Å². The average Bonchev–Trinajstić information content (AvgIpc) is 2.97. The van der Waals surface area contributed by atoms with Crippen LogP contribution in [0.2, 0.25) is 0 Å². The maximum atomic E-state index is 12.8. The number of anilines is 1. The van der Waals surface area contributed by atoms with Crippen molar-refractivity contribution in [1.29, 1.82) is 0 Å². The SMILES string of the molecule is COc1cc(/C=C2/SC(=O)N(CC(=O)Nc3ccc(C)cc3C)C2=O)cc(I)c1OC. The lowest BCUT2D eigenvalue weighted by Crippen LogP contribution is -2.36. The molecule has 31 heavy (non-hydrogen) atoms. The van der Waals surface area contributed by atoms with Crippen LogP contribution in [0.1, 0.15) is 16.7 Å². The quantitative estimate of drug-likeness (QED) is 0.417. The Hall–Kier alpha value is -2.53. The molecular formula is C22H21IN2O5S. The number of nitrogens with one attached hydrogen (secondary N) is 1. The van der Waals surface area contributed by atoms with E-state index in [1.807, 2.05) is 32.0 Å². The van der Waals surface area contributed by atoms with Crippen molar-refractivity contribution in [2.45, 2.75) is 13.8 Å². The monoisotopic (exact) mass is 552 g/mol. The molecule has 0 radical (unpaired) electrons. The fourth-order valence-corrected chi connectivity index (χ4v) is 4.78. The van der Waals surface area contributed by atoms with E-state index in [9.17, 15) is 14.4 Å². The summed E-state index contributed by atoms with van der Waals surface area (Å²) in [5, 5.41) is 2.28. The molecular weight excluding hydrogens is 531 g/mol. The first kappa shape index (κ1) is 23.1. The van der Waals surface area contributed by atoms with Crippen LogP contribution in [0.15, 0.2) is 35.2 Å². The lowest BCUT2D eigenvalue weighted by atomic mass is 10.1. The number of benzene rings is 2. The molecule has 1 saturated heterocycles. The predicted molar refractivity (Wildman–Crippen MR) is 129 cm³/mol. The van der Waals surface area contributed by atoms with Gasteiger partial charge in [-0.15, -0.1) is 0 Å². The van der Waals surface area contributed by atoms with Gasteiger partial charge in [-0.3, -0.25) is 19.3 Å². The number of carbonyl (C=O) groups excluding carboxylic acids is 3. The average molecular weight is 552 g/mol. The number of imide groups is 1. The molecule has 1 fully saturated rings. The van der Waals surface area contributed by atoms with Crippen LogP contribution in [0.25, 0.3) is 6.08 Å². The molecule has 3 amide bonds. The van der Waals surface area contributed by atoms with E-state index in [-0.39, 0.29) is 11.4 Å². The second kappa shape index (κ2) is 9.73. The minimum Gasteiger partial charge on any atom is -0.493 e. The highest BCUT2D eigenvalue weighted by Crippen LogP contribution is 2.37. The van der Waals surface area contributed by atoms with Gasteiger partial charge in [0.05, 0.1) is 22.7 Å². The van der Waals surface area contributed by atoms with Crippen LogP contribution < -0.4 is 14.8 Å². The molecule has 3 rings (SSSR count). The standard InChI is InChI=1S/C22H21IN2O5S/c1-12-5-6-16(13(2)7-12)24-19(26)11-25-21(27)18(31-22(25)28)10-14-8-15(23)20(30-4)17(9-14)29-3/h5-10H,11H2,1-4H3,(H,24,26)/b18-10+. The molecule has 0 aliphatic carbocycles. The molecule has 2 aromatic rings. The zero-order chi connectivity index (χ0) is 22.7. The van der Waals surface area contributed by atoms with Gasteiger partial charge in [-0.25, -0.2) is 0 Å². The van der Waals surface area contributed by atoms with Gasteiger partial charge in [0, 0.05) is 5.69 Å². The minimum absolute atomic E-state index is 0.243. The highest BCUT2D eigenvalue weighted by molar-refractivity contribution is 14.1. The molecule has 7 nitrogen and oxygen atoms in total. The lowest BCUT2D eigenvalue weighted by molar-refractivity contribution is -0.127. The van der Waals surface area contributed by atoms with E-state index in [1.165, 1.54) is 7.11 Å². The van der Waals surface area contributed by atoms with Gasteiger partial charge in [-0.2, -0.15) is 0 Å². The molecule has 0 saturated carbocycles. The minimum atomic E-state index is -0.504. The first-order valence-electron chi connectivity index (χ1n) is 9.27. The van der Waals surface area contributed by atoms with Gasteiger partial charge in [0.1, 0.15) is 6.54 Å². The van der Waals surface area contributed by atoms with Crippen LogP contribution in [0.5, 0.6) is 11.5 Å².